The van der Waals surface area contributed by atoms with E-state index in [2.05, 4.69) is 15.5 Å². The van der Waals surface area contributed by atoms with Crippen molar-refractivity contribution in [3.63, 3.8) is 0 Å². The number of nitrogens with zero attached hydrogens (tertiary/aromatic N) is 2. The fraction of sp³-hybridized carbons (Fsp3) is 0.312. The van der Waals surface area contributed by atoms with Crippen molar-refractivity contribution in [2.75, 3.05) is 13.2 Å². The first kappa shape index (κ1) is 21.5. The molecule has 10 nitrogen and oxygen atoms in total. The summed E-state index contributed by atoms with van der Waals surface area (Å²) < 4.78 is 10.6. The number of hydrogen-bond acceptors (Lipinski definition) is 8. The highest BCUT2D eigenvalue weighted by molar-refractivity contribution is 8.15. The van der Waals surface area contributed by atoms with Gasteiger partial charge in [-0.3, -0.25) is 9.59 Å². The van der Waals surface area contributed by atoms with Crippen molar-refractivity contribution in [2.24, 2.45) is 10.2 Å². The number of benzene rings is 1. The van der Waals surface area contributed by atoms with Gasteiger partial charge >= 0.3 is 11.9 Å². The molecule has 1 aliphatic heterocycles. The zero-order chi connectivity index (χ0) is 20.7. The molecule has 1 aromatic carbocycles. The van der Waals surface area contributed by atoms with Crippen LogP contribution in [0.2, 0.25) is 5.02 Å². The number of carboxylic acid groups (broad SMARTS) is 2. The quantitative estimate of drug-likeness (QED) is 0.396. The Balaban J connectivity index is 2.14. The lowest BCUT2D eigenvalue weighted by atomic mass is 10.2. The van der Waals surface area contributed by atoms with E-state index in [1.807, 2.05) is 0 Å². The molecule has 1 atom stereocenters. The number of carboxylic acids is 2. The molecule has 0 aromatic heterocycles. The third-order valence-electron chi connectivity index (χ3n) is 3.16. The van der Waals surface area contributed by atoms with Crippen molar-refractivity contribution in [2.45, 2.75) is 18.6 Å². The minimum Gasteiger partial charge on any atom is -0.490 e. The molecule has 1 saturated heterocycles. The second-order valence-electron chi connectivity index (χ2n) is 5.29. The number of ether oxygens (including phenoxy) is 2. The number of amides is 1. The molecule has 150 valence electrons. The summed E-state index contributed by atoms with van der Waals surface area (Å²) in [7, 11) is 0. The first-order chi connectivity index (χ1) is 13.3. The molecule has 0 aliphatic carbocycles. The lowest BCUT2D eigenvalue weighted by molar-refractivity contribution is -0.139. The van der Waals surface area contributed by atoms with E-state index in [4.69, 9.17) is 31.3 Å². The SMILES string of the molecule is CCOc1cc(C=NN=C2NC(=O)C(CC(=O)O)S2)cc(Cl)c1OCC(=O)O. The predicted octanol–water partition coefficient (Wildman–Crippen LogP) is 1.60. The maximum atomic E-state index is 11.6. The number of nitrogens with one attached hydrogen (secondary N) is 1. The molecule has 0 bridgehead atoms. The maximum Gasteiger partial charge on any atom is 0.341 e. The highest BCUT2D eigenvalue weighted by Crippen LogP contribution is 2.36. The van der Waals surface area contributed by atoms with Crippen molar-refractivity contribution in [1.82, 2.24) is 5.32 Å². The number of hydrogen-bond donors (Lipinski definition) is 3. The number of halogens is 1. The van der Waals surface area contributed by atoms with Crippen LogP contribution < -0.4 is 14.8 Å². The molecule has 12 heteroatoms. The van der Waals surface area contributed by atoms with Gasteiger partial charge in [0, 0.05) is 5.56 Å². The standard InChI is InChI=1S/C16H16ClN3O7S/c1-2-26-10-4-8(3-9(17)14(10)27-7-13(23)24)6-18-20-16-19-15(25)11(28-16)5-12(21)22/h3-4,6,11H,2,5,7H2,1H3,(H,21,22)(H,23,24)(H,19,20,25). The molecule has 0 saturated carbocycles. The Kier molecular flexibility index (Phi) is 7.64. The van der Waals surface area contributed by atoms with Gasteiger partial charge in [0.25, 0.3) is 0 Å². The lowest BCUT2D eigenvalue weighted by Crippen LogP contribution is -2.26. The van der Waals surface area contributed by atoms with Gasteiger partial charge in [-0.2, -0.15) is 5.10 Å². The van der Waals surface area contributed by atoms with Gasteiger partial charge in [0.15, 0.2) is 23.3 Å². The Morgan fingerprint density at radius 3 is 2.71 bits per heavy atom. The van der Waals surface area contributed by atoms with E-state index >= 15 is 0 Å². The van der Waals surface area contributed by atoms with E-state index in [9.17, 15) is 14.4 Å². The van der Waals surface area contributed by atoms with Gasteiger partial charge in [0.1, 0.15) is 5.25 Å². The molecular weight excluding hydrogens is 414 g/mol. The van der Waals surface area contributed by atoms with Gasteiger partial charge in [-0.15, -0.1) is 5.10 Å². The van der Waals surface area contributed by atoms with Crippen LogP contribution in [0.25, 0.3) is 0 Å². The number of carbonyl (C=O) groups excluding carboxylic acids is 1. The van der Waals surface area contributed by atoms with Crippen molar-refractivity contribution in [3.05, 3.63) is 22.7 Å². The van der Waals surface area contributed by atoms with Gasteiger partial charge in [-0.05, 0) is 19.1 Å². The minimum absolute atomic E-state index is 0.101. The van der Waals surface area contributed by atoms with Crippen LogP contribution in [-0.4, -0.2) is 57.9 Å². The summed E-state index contributed by atoms with van der Waals surface area (Å²) in [5.41, 5.74) is 0.497. The molecule has 1 amide bonds. The minimum atomic E-state index is -1.16. The Bertz CT molecular complexity index is 844. The fourth-order valence-corrected chi connectivity index (χ4v) is 3.28. The zero-order valence-electron chi connectivity index (χ0n) is 14.5. The predicted molar refractivity (Wildman–Crippen MR) is 103 cm³/mol. The van der Waals surface area contributed by atoms with Crippen molar-refractivity contribution in [1.29, 1.82) is 0 Å². The number of rotatable bonds is 9. The van der Waals surface area contributed by atoms with Crippen LogP contribution in [0.1, 0.15) is 18.9 Å². The molecule has 28 heavy (non-hydrogen) atoms. The van der Waals surface area contributed by atoms with Crippen LogP contribution in [0.3, 0.4) is 0 Å². The summed E-state index contributed by atoms with van der Waals surface area (Å²) in [6, 6.07) is 3.03. The smallest absolute Gasteiger partial charge is 0.341 e. The molecule has 1 aromatic rings. The van der Waals surface area contributed by atoms with E-state index in [0.717, 1.165) is 11.8 Å². The third-order valence-corrected chi connectivity index (χ3v) is 4.52. The Morgan fingerprint density at radius 1 is 1.32 bits per heavy atom. The van der Waals surface area contributed by atoms with Crippen LogP contribution in [0, 0.1) is 0 Å². The summed E-state index contributed by atoms with van der Waals surface area (Å²) in [5.74, 6) is -2.33. The maximum absolute atomic E-state index is 11.6. The van der Waals surface area contributed by atoms with Crippen molar-refractivity contribution >= 4 is 52.6 Å². The lowest BCUT2D eigenvalue weighted by Gasteiger charge is -2.13. The van der Waals surface area contributed by atoms with E-state index in [1.54, 1.807) is 13.0 Å². The van der Waals surface area contributed by atoms with Crippen LogP contribution in [0.5, 0.6) is 11.5 Å². The number of aliphatic carboxylic acids is 2. The second-order valence-corrected chi connectivity index (χ2v) is 6.89. The second kappa shape index (κ2) is 9.95. The highest BCUT2D eigenvalue weighted by atomic mass is 35.5. The Morgan fingerprint density at radius 2 is 2.07 bits per heavy atom. The normalized spacial score (nSPS) is 17.7. The first-order valence-electron chi connectivity index (χ1n) is 7.91. The fourth-order valence-electron chi connectivity index (χ4n) is 2.09. The molecule has 1 heterocycles. The summed E-state index contributed by atoms with van der Waals surface area (Å²) in [6.45, 7) is 1.47. The van der Waals surface area contributed by atoms with Crippen molar-refractivity contribution < 1.29 is 34.1 Å². The van der Waals surface area contributed by atoms with E-state index in [1.165, 1.54) is 12.3 Å². The number of thioether (sulfide) groups is 1. The van der Waals surface area contributed by atoms with Crippen LogP contribution in [0.4, 0.5) is 0 Å². The first-order valence-corrected chi connectivity index (χ1v) is 9.17. The molecule has 2 rings (SSSR count). The van der Waals surface area contributed by atoms with E-state index in [-0.39, 0.29) is 28.1 Å². The topological polar surface area (TPSA) is 147 Å². The summed E-state index contributed by atoms with van der Waals surface area (Å²) in [6.07, 6.45) is 1.03. The summed E-state index contributed by atoms with van der Waals surface area (Å²) in [5, 5.41) is 27.2. The van der Waals surface area contributed by atoms with Gasteiger partial charge < -0.3 is 25.0 Å². The van der Waals surface area contributed by atoms with Crippen LogP contribution in [0.15, 0.2) is 22.3 Å². The Labute approximate surface area is 168 Å². The van der Waals surface area contributed by atoms with Crippen LogP contribution >= 0.6 is 23.4 Å². The molecule has 0 radical (unpaired) electrons. The average molecular weight is 430 g/mol. The highest BCUT2D eigenvalue weighted by Gasteiger charge is 2.32. The molecular formula is C16H16ClN3O7S. The summed E-state index contributed by atoms with van der Waals surface area (Å²) >= 11 is 7.11. The van der Waals surface area contributed by atoms with Crippen LogP contribution in [-0.2, 0) is 14.4 Å². The van der Waals surface area contributed by atoms with Gasteiger partial charge in [0.05, 0.1) is 24.3 Å². The number of carbonyl (C=O) groups is 3. The Hall–Kier alpha value is -2.79. The number of amidine groups is 1. The molecule has 1 aliphatic rings. The average Bonchev–Trinajstić information content (AvgIpc) is 2.93. The van der Waals surface area contributed by atoms with Gasteiger partial charge in [-0.25, -0.2) is 4.79 Å². The molecule has 1 fully saturated rings. The summed E-state index contributed by atoms with van der Waals surface area (Å²) in [4.78, 5) is 33.0. The zero-order valence-corrected chi connectivity index (χ0v) is 16.1. The monoisotopic (exact) mass is 429 g/mol. The molecule has 0 spiro atoms. The van der Waals surface area contributed by atoms with E-state index < -0.39 is 29.7 Å². The van der Waals surface area contributed by atoms with Gasteiger partial charge in [-0.1, -0.05) is 23.4 Å². The molecule has 1 unspecified atom stereocenters. The van der Waals surface area contributed by atoms with Crippen molar-refractivity contribution in [3.8, 4) is 11.5 Å². The largest absolute Gasteiger partial charge is 0.490 e. The third kappa shape index (κ3) is 6.13. The van der Waals surface area contributed by atoms with Gasteiger partial charge in [0.2, 0.25) is 5.91 Å². The molecule has 3 N–H and O–H groups in total. The van der Waals surface area contributed by atoms with E-state index in [0.29, 0.717) is 12.2 Å².